The van der Waals surface area contributed by atoms with Crippen molar-refractivity contribution in [3.05, 3.63) is 78.6 Å². The molecule has 0 saturated carbocycles. The van der Waals surface area contributed by atoms with E-state index in [0.717, 1.165) is 28.0 Å². The third-order valence-corrected chi connectivity index (χ3v) is 7.79. The van der Waals surface area contributed by atoms with E-state index in [0.29, 0.717) is 17.5 Å². The van der Waals surface area contributed by atoms with Crippen LogP contribution in [0.15, 0.2) is 78.0 Å². The van der Waals surface area contributed by atoms with Crippen molar-refractivity contribution in [2.24, 2.45) is 0 Å². The summed E-state index contributed by atoms with van der Waals surface area (Å²) in [6.07, 6.45) is -2.35. The van der Waals surface area contributed by atoms with Crippen LogP contribution in [0, 0.1) is 0 Å². The number of sulfonamides is 1. The lowest BCUT2D eigenvalue weighted by Crippen LogP contribution is -2.43. The number of anilines is 1. The standard InChI is InChI=1S/C25H20F3N3O5S/c26-25(27,28)17-4-3-6-20(13-17)37(34,35)31-15-19(8-10-23(32)33)36-22-9-7-16(12-21(22)31)24-29-14-18-5-1-2-11-30(18)24/h1-7,9,11-14,19H,8,10,15H2,(H,32,33)/t19-/m0/s1. The molecule has 0 bridgehead atoms. The number of halogens is 3. The second-order valence-electron chi connectivity index (χ2n) is 8.49. The monoisotopic (exact) mass is 531 g/mol. The summed E-state index contributed by atoms with van der Waals surface area (Å²) < 4.78 is 76.0. The van der Waals surface area contributed by atoms with E-state index in [-0.39, 0.29) is 30.8 Å². The highest BCUT2D eigenvalue weighted by atomic mass is 32.2. The van der Waals surface area contributed by atoms with Gasteiger partial charge in [0.2, 0.25) is 0 Å². The predicted octanol–water partition coefficient (Wildman–Crippen LogP) is 4.84. The van der Waals surface area contributed by atoms with Gasteiger partial charge in [-0.15, -0.1) is 0 Å². The Balaban J connectivity index is 1.62. The first-order valence-electron chi connectivity index (χ1n) is 11.2. The molecule has 0 amide bonds. The van der Waals surface area contributed by atoms with Crippen LogP contribution in [0.3, 0.4) is 0 Å². The fourth-order valence-electron chi connectivity index (χ4n) is 4.23. The molecule has 4 aromatic rings. The van der Waals surface area contributed by atoms with Crippen molar-refractivity contribution in [2.75, 3.05) is 10.8 Å². The number of pyridine rings is 1. The Morgan fingerprint density at radius 2 is 1.92 bits per heavy atom. The van der Waals surface area contributed by atoms with Crippen LogP contribution in [0.25, 0.3) is 16.9 Å². The molecule has 0 unspecified atom stereocenters. The molecule has 12 heteroatoms. The number of imidazole rings is 1. The van der Waals surface area contributed by atoms with Crippen molar-refractivity contribution >= 4 is 27.2 Å². The molecular formula is C25H20F3N3O5S. The van der Waals surface area contributed by atoms with Crippen molar-refractivity contribution in [1.29, 1.82) is 0 Å². The fraction of sp³-hybridized carbons (Fsp3) is 0.200. The summed E-state index contributed by atoms with van der Waals surface area (Å²) in [4.78, 5) is 15.0. The summed E-state index contributed by atoms with van der Waals surface area (Å²) in [5.41, 5.74) is 0.395. The van der Waals surface area contributed by atoms with Crippen LogP contribution in [0.4, 0.5) is 18.9 Å². The number of alkyl halides is 3. The number of carboxylic acids is 1. The zero-order chi connectivity index (χ0) is 26.4. The average molecular weight is 532 g/mol. The maximum Gasteiger partial charge on any atom is 0.416 e. The molecule has 1 aliphatic rings. The van der Waals surface area contributed by atoms with Crippen LogP contribution in [0.2, 0.25) is 0 Å². The number of carboxylic acid groups (broad SMARTS) is 1. The van der Waals surface area contributed by atoms with Crippen molar-refractivity contribution in [1.82, 2.24) is 9.38 Å². The molecule has 0 fully saturated rings. The lowest BCUT2D eigenvalue weighted by molar-refractivity contribution is -0.138. The van der Waals surface area contributed by atoms with E-state index < -0.39 is 38.7 Å². The SMILES string of the molecule is O=C(O)CC[C@H]1CN(S(=O)(=O)c2cccc(C(F)(F)F)c2)c2cc(-c3ncc4ccccn34)ccc2O1. The molecule has 1 aliphatic heterocycles. The van der Waals surface area contributed by atoms with Crippen molar-refractivity contribution in [3.8, 4) is 17.1 Å². The van der Waals surface area contributed by atoms with E-state index >= 15 is 0 Å². The van der Waals surface area contributed by atoms with E-state index in [4.69, 9.17) is 9.84 Å². The quantitative estimate of drug-likeness (QED) is 0.382. The summed E-state index contributed by atoms with van der Waals surface area (Å²) in [5.74, 6) is -0.382. The number of hydrogen-bond donors (Lipinski definition) is 1. The number of rotatable bonds is 6. The molecule has 1 atom stereocenters. The molecule has 3 heterocycles. The summed E-state index contributed by atoms with van der Waals surface area (Å²) in [6.45, 7) is -0.273. The average Bonchev–Trinajstić information content (AvgIpc) is 3.30. The minimum Gasteiger partial charge on any atom is -0.486 e. The van der Waals surface area contributed by atoms with Crippen molar-refractivity contribution in [3.63, 3.8) is 0 Å². The van der Waals surface area contributed by atoms with E-state index in [2.05, 4.69) is 4.98 Å². The molecule has 37 heavy (non-hydrogen) atoms. The second-order valence-corrected chi connectivity index (χ2v) is 10.4. The van der Waals surface area contributed by atoms with E-state index in [1.54, 1.807) is 30.6 Å². The first-order valence-corrected chi connectivity index (χ1v) is 12.6. The highest BCUT2D eigenvalue weighted by Crippen LogP contribution is 2.41. The first kappa shape index (κ1) is 24.6. The number of aliphatic carboxylic acids is 1. The van der Waals surface area contributed by atoms with Crippen LogP contribution in [-0.4, -0.2) is 41.5 Å². The molecule has 1 N–H and O–H groups in total. The number of hydrogen-bond acceptors (Lipinski definition) is 5. The van der Waals surface area contributed by atoms with Crippen LogP contribution in [-0.2, 0) is 21.0 Å². The van der Waals surface area contributed by atoms with Gasteiger partial charge >= 0.3 is 12.1 Å². The zero-order valence-corrected chi connectivity index (χ0v) is 19.9. The molecule has 0 aliphatic carbocycles. The fourth-order valence-corrected chi connectivity index (χ4v) is 5.78. The zero-order valence-electron chi connectivity index (χ0n) is 19.1. The number of carbonyl (C=O) groups is 1. The van der Waals surface area contributed by atoms with Crippen LogP contribution in [0.1, 0.15) is 18.4 Å². The third-order valence-electron chi connectivity index (χ3n) is 6.02. The van der Waals surface area contributed by atoms with E-state index in [1.807, 2.05) is 22.6 Å². The number of fused-ring (bicyclic) bond motifs is 2. The number of aromatic nitrogens is 2. The second kappa shape index (κ2) is 9.11. The largest absolute Gasteiger partial charge is 0.486 e. The molecule has 2 aromatic carbocycles. The summed E-state index contributed by atoms with van der Waals surface area (Å²) in [7, 11) is -4.48. The van der Waals surface area contributed by atoms with Gasteiger partial charge in [-0.1, -0.05) is 12.1 Å². The molecule has 0 saturated heterocycles. The predicted molar refractivity (Wildman–Crippen MR) is 128 cm³/mol. The lowest BCUT2D eigenvalue weighted by Gasteiger charge is -2.35. The molecule has 0 radical (unpaired) electrons. The molecular weight excluding hydrogens is 511 g/mol. The van der Waals surface area contributed by atoms with Gasteiger partial charge in [0.1, 0.15) is 17.7 Å². The Bertz CT molecular complexity index is 1600. The molecule has 8 nitrogen and oxygen atoms in total. The summed E-state index contributed by atoms with van der Waals surface area (Å²) >= 11 is 0. The Labute approximate surface area is 209 Å². The van der Waals surface area contributed by atoms with Gasteiger partial charge in [-0.05, 0) is 55.0 Å². The molecule has 5 rings (SSSR count). The highest BCUT2D eigenvalue weighted by molar-refractivity contribution is 7.92. The lowest BCUT2D eigenvalue weighted by atomic mass is 10.1. The van der Waals surface area contributed by atoms with Gasteiger partial charge in [0.15, 0.2) is 0 Å². The van der Waals surface area contributed by atoms with Gasteiger partial charge in [-0.25, -0.2) is 13.4 Å². The normalized spacial score (nSPS) is 15.9. The summed E-state index contributed by atoms with van der Waals surface area (Å²) in [5, 5.41) is 9.08. The maximum atomic E-state index is 13.7. The van der Waals surface area contributed by atoms with Gasteiger partial charge in [-0.2, -0.15) is 13.2 Å². The third kappa shape index (κ3) is 4.71. The minimum absolute atomic E-state index is 0.00995. The van der Waals surface area contributed by atoms with Crippen molar-refractivity contribution in [2.45, 2.75) is 30.0 Å². The summed E-state index contributed by atoms with van der Waals surface area (Å²) in [6, 6.07) is 13.8. The molecule has 192 valence electrons. The Morgan fingerprint density at radius 1 is 1.11 bits per heavy atom. The highest BCUT2D eigenvalue weighted by Gasteiger charge is 2.37. The molecule has 2 aromatic heterocycles. The first-order chi connectivity index (χ1) is 17.5. The Kier molecular flexibility index (Phi) is 6.06. The van der Waals surface area contributed by atoms with Crippen LogP contribution < -0.4 is 9.04 Å². The maximum absolute atomic E-state index is 13.7. The Morgan fingerprint density at radius 3 is 2.68 bits per heavy atom. The van der Waals surface area contributed by atoms with E-state index in [1.165, 1.54) is 0 Å². The van der Waals surface area contributed by atoms with Gasteiger partial charge in [0.05, 0.1) is 34.4 Å². The van der Waals surface area contributed by atoms with Gasteiger partial charge in [-0.3, -0.25) is 13.5 Å². The van der Waals surface area contributed by atoms with Crippen LogP contribution >= 0.6 is 0 Å². The van der Waals surface area contributed by atoms with Gasteiger partial charge < -0.3 is 9.84 Å². The smallest absolute Gasteiger partial charge is 0.416 e. The number of nitrogens with zero attached hydrogens (tertiary/aromatic N) is 3. The number of benzene rings is 2. The topological polar surface area (TPSA) is 101 Å². The molecule has 0 spiro atoms. The van der Waals surface area contributed by atoms with Gasteiger partial charge in [0.25, 0.3) is 10.0 Å². The number of ether oxygens (including phenoxy) is 1. The van der Waals surface area contributed by atoms with Gasteiger partial charge in [0, 0.05) is 18.2 Å². The van der Waals surface area contributed by atoms with E-state index in [9.17, 15) is 26.4 Å². The van der Waals surface area contributed by atoms with Crippen molar-refractivity contribution < 1.29 is 36.2 Å². The van der Waals surface area contributed by atoms with Crippen LogP contribution in [0.5, 0.6) is 5.75 Å². The minimum atomic E-state index is -4.73. The Hall–Kier alpha value is -4.06.